The fourth-order valence-corrected chi connectivity index (χ4v) is 3.98. The first-order chi connectivity index (χ1) is 13.9. The van der Waals surface area contributed by atoms with E-state index >= 15 is 0 Å². The minimum atomic E-state index is -3.78. The average Bonchev–Trinajstić information content (AvgIpc) is 3.11. The van der Waals surface area contributed by atoms with Crippen LogP contribution in [-0.4, -0.2) is 52.4 Å². The Morgan fingerprint density at radius 1 is 1.14 bits per heavy atom. The predicted molar refractivity (Wildman–Crippen MR) is 110 cm³/mol. The van der Waals surface area contributed by atoms with E-state index in [0.29, 0.717) is 29.4 Å². The largest absolute Gasteiger partial charge is 0.493 e. The summed E-state index contributed by atoms with van der Waals surface area (Å²) in [5.41, 5.74) is 0.461. The minimum absolute atomic E-state index is 0.0774. The molecule has 154 valence electrons. The summed E-state index contributed by atoms with van der Waals surface area (Å²) in [6, 6.07) is 12.9. The van der Waals surface area contributed by atoms with Crippen molar-refractivity contribution in [1.82, 2.24) is 4.90 Å². The molecule has 0 radical (unpaired) electrons. The number of hydrogen-bond donors (Lipinski definition) is 1. The summed E-state index contributed by atoms with van der Waals surface area (Å²) < 4.78 is 39.5. The van der Waals surface area contributed by atoms with Crippen LogP contribution in [0.2, 0.25) is 0 Å². The summed E-state index contributed by atoms with van der Waals surface area (Å²) in [5.74, 6) is 1.18. The number of amidine groups is 1. The Bertz CT molecular complexity index is 1000. The molecular formula is C20H23N3O5S. The molecule has 1 aliphatic heterocycles. The fraction of sp³-hybridized carbons (Fsp3) is 0.300. The molecule has 1 N–H and O–H groups in total. The maximum absolute atomic E-state index is 12.5. The Morgan fingerprint density at radius 2 is 1.83 bits per heavy atom. The second-order valence-electron chi connectivity index (χ2n) is 6.52. The van der Waals surface area contributed by atoms with Gasteiger partial charge in [-0.2, -0.15) is 8.42 Å². The van der Waals surface area contributed by atoms with Gasteiger partial charge in [-0.25, -0.2) is 0 Å². The molecule has 1 saturated heterocycles. The second-order valence-corrected chi connectivity index (χ2v) is 8.12. The lowest BCUT2D eigenvalue weighted by atomic mass is 10.3. The third kappa shape index (κ3) is 5.26. The van der Waals surface area contributed by atoms with Gasteiger partial charge in [0.15, 0.2) is 18.1 Å². The van der Waals surface area contributed by atoms with Crippen LogP contribution in [0.1, 0.15) is 12.8 Å². The average molecular weight is 417 g/mol. The molecule has 29 heavy (non-hydrogen) atoms. The van der Waals surface area contributed by atoms with E-state index in [-0.39, 0.29) is 17.4 Å². The highest BCUT2D eigenvalue weighted by atomic mass is 32.2. The molecule has 0 spiro atoms. The lowest BCUT2D eigenvalue weighted by Crippen LogP contribution is -2.21. The predicted octanol–water partition coefficient (Wildman–Crippen LogP) is 2.53. The molecule has 1 fully saturated rings. The molecule has 0 aromatic heterocycles. The van der Waals surface area contributed by atoms with E-state index in [9.17, 15) is 13.2 Å². The maximum atomic E-state index is 12.5. The smallest absolute Gasteiger partial charge is 0.283 e. The highest BCUT2D eigenvalue weighted by Crippen LogP contribution is 2.25. The van der Waals surface area contributed by atoms with Gasteiger partial charge in [0, 0.05) is 25.7 Å². The first-order valence-electron chi connectivity index (χ1n) is 9.10. The van der Waals surface area contributed by atoms with Crippen molar-refractivity contribution in [3.05, 3.63) is 48.5 Å². The van der Waals surface area contributed by atoms with E-state index in [1.54, 1.807) is 24.3 Å². The maximum Gasteiger partial charge on any atom is 0.283 e. The molecule has 9 heteroatoms. The SMILES string of the molecule is COc1ccccc1OCC(=O)Nc1ccc(S(=O)(=O)/N=C2\CCCN2C)cc1. The summed E-state index contributed by atoms with van der Waals surface area (Å²) >= 11 is 0. The monoisotopic (exact) mass is 417 g/mol. The number of methoxy groups -OCH3 is 1. The Morgan fingerprint density at radius 3 is 2.45 bits per heavy atom. The zero-order chi connectivity index (χ0) is 20.9. The summed E-state index contributed by atoms with van der Waals surface area (Å²) in [4.78, 5) is 14.0. The molecule has 3 rings (SSSR count). The van der Waals surface area contributed by atoms with E-state index in [1.807, 2.05) is 11.9 Å². The molecule has 8 nitrogen and oxygen atoms in total. The molecular weight excluding hydrogens is 394 g/mol. The molecule has 0 aliphatic carbocycles. The van der Waals surface area contributed by atoms with E-state index in [4.69, 9.17) is 9.47 Å². The van der Waals surface area contributed by atoms with Gasteiger partial charge in [0.2, 0.25) is 0 Å². The number of para-hydroxylation sites is 2. The van der Waals surface area contributed by atoms with Crippen molar-refractivity contribution in [2.45, 2.75) is 17.7 Å². The summed E-state index contributed by atoms with van der Waals surface area (Å²) in [6.07, 6.45) is 1.54. The number of nitrogens with zero attached hydrogens (tertiary/aromatic N) is 2. The van der Waals surface area contributed by atoms with Gasteiger partial charge in [0.25, 0.3) is 15.9 Å². The molecule has 0 bridgehead atoms. The Kier molecular flexibility index (Phi) is 6.38. The zero-order valence-corrected chi connectivity index (χ0v) is 17.1. The molecule has 2 aromatic carbocycles. The first-order valence-corrected chi connectivity index (χ1v) is 10.5. The molecule has 0 atom stereocenters. The summed E-state index contributed by atoms with van der Waals surface area (Å²) in [6.45, 7) is 0.594. The van der Waals surface area contributed by atoms with Crippen LogP contribution in [0, 0.1) is 0 Å². The summed E-state index contributed by atoms with van der Waals surface area (Å²) in [5, 5.41) is 2.66. The number of amides is 1. The lowest BCUT2D eigenvalue weighted by molar-refractivity contribution is -0.118. The second kappa shape index (κ2) is 8.95. The number of carbonyl (C=O) groups is 1. The van der Waals surface area contributed by atoms with Crippen molar-refractivity contribution >= 4 is 27.5 Å². The number of anilines is 1. The number of rotatable bonds is 7. The molecule has 0 saturated carbocycles. The van der Waals surface area contributed by atoms with Crippen LogP contribution < -0.4 is 14.8 Å². The van der Waals surface area contributed by atoms with Crippen LogP contribution in [0.4, 0.5) is 5.69 Å². The van der Waals surface area contributed by atoms with Crippen molar-refractivity contribution in [1.29, 1.82) is 0 Å². The number of ether oxygens (including phenoxy) is 2. The van der Waals surface area contributed by atoms with Crippen LogP contribution in [0.5, 0.6) is 11.5 Å². The quantitative estimate of drug-likeness (QED) is 0.744. The Balaban J connectivity index is 1.61. The third-order valence-electron chi connectivity index (χ3n) is 4.42. The van der Waals surface area contributed by atoms with Crippen LogP contribution in [0.3, 0.4) is 0 Å². The zero-order valence-electron chi connectivity index (χ0n) is 16.3. The topological polar surface area (TPSA) is 97.3 Å². The van der Waals surface area contributed by atoms with E-state index in [2.05, 4.69) is 9.71 Å². The van der Waals surface area contributed by atoms with Gasteiger partial charge in [0.05, 0.1) is 12.0 Å². The number of sulfonamides is 1. The van der Waals surface area contributed by atoms with Crippen molar-refractivity contribution < 1.29 is 22.7 Å². The van der Waals surface area contributed by atoms with Crippen LogP contribution in [0.25, 0.3) is 0 Å². The number of nitrogens with one attached hydrogen (secondary N) is 1. The van der Waals surface area contributed by atoms with Crippen molar-refractivity contribution in [2.75, 3.05) is 32.6 Å². The lowest BCUT2D eigenvalue weighted by Gasteiger charge is -2.11. The number of benzene rings is 2. The van der Waals surface area contributed by atoms with Crippen LogP contribution >= 0.6 is 0 Å². The fourth-order valence-electron chi connectivity index (χ4n) is 2.89. The van der Waals surface area contributed by atoms with E-state index in [0.717, 1.165) is 13.0 Å². The summed E-state index contributed by atoms with van der Waals surface area (Å²) in [7, 11) is -0.433. The van der Waals surface area contributed by atoms with Gasteiger partial charge in [-0.3, -0.25) is 4.79 Å². The Hall–Kier alpha value is -3.07. The van der Waals surface area contributed by atoms with Gasteiger partial charge in [-0.05, 0) is 42.8 Å². The van der Waals surface area contributed by atoms with Gasteiger partial charge in [0.1, 0.15) is 5.84 Å². The van der Waals surface area contributed by atoms with Gasteiger partial charge < -0.3 is 19.7 Å². The standard InChI is InChI=1S/C20H23N3O5S/c1-23-13-5-8-19(23)22-29(25,26)16-11-9-15(10-12-16)21-20(24)14-28-18-7-4-3-6-17(18)27-2/h3-4,6-7,9-12H,5,8,13-14H2,1-2H3,(H,21,24)/b22-19+. The van der Waals surface area contributed by atoms with Crippen LogP contribution in [-0.2, 0) is 14.8 Å². The molecule has 1 aliphatic rings. The molecule has 1 amide bonds. The van der Waals surface area contributed by atoms with Gasteiger partial charge in [-0.1, -0.05) is 12.1 Å². The molecule has 1 heterocycles. The highest BCUT2D eigenvalue weighted by molar-refractivity contribution is 7.90. The molecule has 2 aromatic rings. The molecule has 0 unspecified atom stereocenters. The third-order valence-corrected chi connectivity index (χ3v) is 5.74. The van der Waals surface area contributed by atoms with Crippen molar-refractivity contribution in [2.24, 2.45) is 4.40 Å². The number of hydrogen-bond acceptors (Lipinski definition) is 5. The first kappa shape index (κ1) is 20.7. The highest BCUT2D eigenvalue weighted by Gasteiger charge is 2.20. The van der Waals surface area contributed by atoms with Gasteiger partial charge in [-0.15, -0.1) is 4.40 Å². The minimum Gasteiger partial charge on any atom is -0.493 e. The number of likely N-dealkylation sites (tertiary alicyclic amines) is 1. The van der Waals surface area contributed by atoms with Gasteiger partial charge >= 0.3 is 0 Å². The normalized spacial score (nSPS) is 15.4. The number of carbonyl (C=O) groups excluding carboxylic acids is 1. The van der Waals surface area contributed by atoms with Crippen LogP contribution in [0.15, 0.2) is 57.8 Å². The van der Waals surface area contributed by atoms with E-state index < -0.39 is 10.0 Å². The van der Waals surface area contributed by atoms with E-state index in [1.165, 1.54) is 31.4 Å². The van der Waals surface area contributed by atoms with Crippen molar-refractivity contribution in [3.8, 4) is 11.5 Å². The van der Waals surface area contributed by atoms with Crippen molar-refractivity contribution in [3.63, 3.8) is 0 Å². The Labute approximate surface area is 170 Å².